The fourth-order valence-corrected chi connectivity index (χ4v) is 2.46. The first-order chi connectivity index (χ1) is 8.76. The van der Waals surface area contributed by atoms with Gasteiger partial charge in [0, 0.05) is 6.42 Å². The van der Waals surface area contributed by atoms with Gasteiger partial charge < -0.3 is 9.72 Å². The van der Waals surface area contributed by atoms with Crippen LogP contribution >= 0.6 is 22.6 Å². The minimum absolute atomic E-state index is 0.0524. The highest BCUT2D eigenvalue weighted by Gasteiger charge is 2.39. The van der Waals surface area contributed by atoms with Gasteiger partial charge in [0.2, 0.25) is 0 Å². The number of hydrogen-bond donors (Lipinski definition) is 1. The van der Waals surface area contributed by atoms with Crippen LogP contribution in [0.5, 0.6) is 0 Å². The molecule has 1 saturated heterocycles. The van der Waals surface area contributed by atoms with Crippen molar-refractivity contribution in [3.63, 3.8) is 0 Å². The molecule has 2 atom stereocenters. The summed E-state index contributed by atoms with van der Waals surface area (Å²) in [6, 6.07) is -0.381. The molecule has 2 heterocycles. The molecule has 1 aromatic rings. The molecule has 0 spiro atoms. The first kappa shape index (κ1) is 14.5. The van der Waals surface area contributed by atoms with Crippen LogP contribution in [0.15, 0.2) is 6.20 Å². The Bertz CT molecular complexity index is 472. The Morgan fingerprint density at radius 3 is 2.84 bits per heavy atom. The number of amides is 1. The van der Waals surface area contributed by atoms with Gasteiger partial charge in [-0.3, -0.25) is 4.90 Å². The van der Waals surface area contributed by atoms with Crippen LogP contribution in [-0.2, 0) is 4.74 Å². The van der Waals surface area contributed by atoms with Crippen LogP contribution in [0, 0.1) is 3.70 Å². The molecule has 0 unspecified atom stereocenters. The highest BCUT2D eigenvalue weighted by atomic mass is 127. The summed E-state index contributed by atoms with van der Waals surface area (Å²) in [4.78, 5) is 20.7. The summed E-state index contributed by atoms with van der Waals surface area (Å²) in [5.74, 6) is 0.607. The lowest BCUT2D eigenvalue weighted by Gasteiger charge is -2.27. The lowest BCUT2D eigenvalue weighted by molar-refractivity contribution is 0.0211. The number of aromatic nitrogens is 2. The van der Waals surface area contributed by atoms with Gasteiger partial charge in [0.25, 0.3) is 0 Å². The molecular weight excluding hydrogens is 364 g/mol. The normalized spacial score (nSPS) is 23.7. The van der Waals surface area contributed by atoms with Crippen LogP contribution < -0.4 is 0 Å². The molecule has 0 aromatic carbocycles. The Hall–Kier alpha value is -0.860. The largest absolute Gasteiger partial charge is 0.444 e. The Morgan fingerprint density at radius 1 is 1.63 bits per heavy atom. The van der Waals surface area contributed by atoms with Gasteiger partial charge in [-0.05, 0) is 43.4 Å². The van der Waals surface area contributed by atoms with E-state index in [4.69, 9.17) is 4.74 Å². The summed E-state index contributed by atoms with van der Waals surface area (Å²) in [5, 5.41) is 0. The third-order valence-corrected chi connectivity index (χ3v) is 3.31. The van der Waals surface area contributed by atoms with Crippen LogP contribution in [-0.4, -0.2) is 39.3 Å². The lowest BCUT2D eigenvalue weighted by Crippen LogP contribution is -2.37. The van der Waals surface area contributed by atoms with Gasteiger partial charge in [-0.15, -0.1) is 0 Å². The van der Waals surface area contributed by atoms with Crippen molar-refractivity contribution in [2.24, 2.45) is 0 Å². The SMILES string of the molecule is CC(C)(C)OC(=O)N1C[C@@H](F)C[C@H]1c1ncc(I)[nH]1. The van der Waals surface area contributed by atoms with Crippen molar-refractivity contribution in [2.75, 3.05) is 6.54 Å². The van der Waals surface area contributed by atoms with Crippen LogP contribution in [0.2, 0.25) is 0 Å². The van der Waals surface area contributed by atoms with E-state index in [0.29, 0.717) is 5.82 Å². The number of carbonyl (C=O) groups excluding carboxylic acids is 1. The minimum atomic E-state index is -1.04. The van der Waals surface area contributed by atoms with Gasteiger partial charge in [0.05, 0.1) is 22.5 Å². The van der Waals surface area contributed by atoms with E-state index in [2.05, 4.69) is 32.6 Å². The molecule has 5 nitrogen and oxygen atoms in total. The number of rotatable bonds is 1. The van der Waals surface area contributed by atoms with E-state index in [-0.39, 0.29) is 19.0 Å². The van der Waals surface area contributed by atoms with E-state index >= 15 is 0 Å². The van der Waals surface area contributed by atoms with E-state index in [1.54, 1.807) is 27.0 Å². The molecule has 1 N–H and O–H groups in total. The van der Waals surface area contributed by atoms with E-state index < -0.39 is 17.9 Å². The van der Waals surface area contributed by atoms with Gasteiger partial charge in [-0.25, -0.2) is 14.2 Å². The summed E-state index contributed by atoms with van der Waals surface area (Å²) < 4.78 is 19.8. The number of nitrogens with zero attached hydrogens (tertiary/aromatic N) is 2. The fraction of sp³-hybridized carbons (Fsp3) is 0.667. The van der Waals surface area contributed by atoms with Crippen molar-refractivity contribution in [2.45, 2.75) is 45.0 Å². The number of alkyl halides is 1. The zero-order valence-electron chi connectivity index (χ0n) is 11.1. The first-order valence-electron chi connectivity index (χ1n) is 6.10. The fourth-order valence-electron chi connectivity index (χ4n) is 2.05. The molecule has 1 aliphatic heterocycles. The highest BCUT2D eigenvalue weighted by Crippen LogP contribution is 2.33. The average molecular weight is 381 g/mol. The Labute approximate surface area is 125 Å². The molecule has 1 aliphatic rings. The van der Waals surface area contributed by atoms with Crippen LogP contribution in [0.1, 0.15) is 39.1 Å². The smallest absolute Gasteiger partial charge is 0.411 e. The van der Waals surface area contributed by atoms with Crippen molar-refractivity contribution >= 4 is 28.7 Å². The monoisotopic (exact) mass is 381 g/mol. The lowest BCUT2D eigenvalue weighted by atomic mass is 10.2. The number of ether oxygens (including phenoxy) is 1. The van der Waals surface area contributed by atoms with Crippen LogP contribution in [0.25, 0.3) is 0 Å². The Balaban J connectivity index is 2.16. The molecule has 106 valence electrons. The van der Waals surface area contributed by atoms with Crippen LogP contribution in [0.3, 0.4) is 0 Å². The zero-order valence-corrected chi connectivity index (χ0v) is 13.3. The standard InChI is InChI=1S/C12H17FIN3O2/c1-12(2,3)19-11(18)17-6-7(13)4-8(17)10-15-5-9(14)16-10/h5,7-8H,4,6H2,1-3H3,(H,15,16)/t7-,8-/m0/s1. The predicted molar refractivity (Wildman–Crippen MR) is 76.5 cm³/mol. The summed E-state index contributed by atoms with van der Waals surface area (Å²) >= 11 is 2.09. The Kier molecular flexibility index (Phi) is 4.03. The number of carbonyl (C=O) groups is 1. The summed E-state index contributed by atoms with van der Waals surface area (Å²) in [7, 11) is 0. The number of H-pyrrole nitrogens is 1. The van der Waals surface area contributed by atoms with Gasteiger partial charge in [-0.1, -0.05) is 0 Å². The second-order valence-electron chi connectivity index (χ2n) is 5.60. The number of aromatic amines is 1. The maximum Gasteiger partial charge on any atom is 0.411 e. The summed E-state index contributed by atoms with van der Waals surface area (Å²) in [6.07, 6.45) is 0.377. The summed E-state index contributed by atoms with van der Waals surface area (Å²) in [6.45, 7) is 5.42. The van der Waals surface area contributed by atoms with Gasteiger partial charge in [-0.2, -0.15) is 0 Å². The van der Waals surface area contributed by atoms with E-state index in [1.165, 1.54) is 4.90 Å². The second kappa shape index (κ2) is 5.26. The first-order valence-corrected chi connectivity index (χ1v) is 7.18. The Morgan fingerprint density at radius 2 is 2.32 bits per heavy atom. The van der Waals surface area contributed by atoms with Crippen molar-refractivity contribution in [1.29, 1.82) is 0 Å². The van der Waals surface area contributed by atoms with Gasteiger partial charge in [0.1, 0.15) is 17.6 Å². The molecule has 1 aromatic heterocycles. The van der Waals surface area contributed by atoms with Gasteiger partial charge >= 0.3 is 6.09 Å². The van der Waals surface area contributed by atoms with E-state index in [9.17, 15) is 9.18 Å². The molecule has 0 bridgehead atoms. The molecule has 7 heteroatoms. The average Bonchev–Trinajstić information content (AvgIpc) is 2.81. The topological polar surface area (TPSA) is 58.2 Å². The van der Waals surface area contributed by atoms with Crippen molar-refractivity contribution in [1.82, 2.24) is 14.9 Å². The summed E-state index contributed by atoms with van der Waals surface area (Å²) in [5.41, 5.74) is -0.590. The number of halogens is 2. The molecule has 19 heavy (non-hydrogen) atoms. The van der Waals surface area contributed by atoms with E-state index in [0.717, 1.165) is 3.70 Å². The molecule has 0 saturated carbocycles. The maximum atomic E-state index is 13.6. The number of imidazole rings is 1. The molecular formula is C12H17FIN3O2. The van der Waals surface area contributed by atoms with E-state index in [1.807, 2.05) is 0 Å². The number of nitrogens with one attached hydrogen (secondary N) is 1. The second-order valence-corrected chi connectivity index (χ2v) is 6.76. The quantitative estimate of drug-likeness (QED) is 0.761. The predicted octanol–water partition coefficient (Wildman–Crippen LogP) is 3.03. The molecule has 0 radical (unpaired) electrons. The van der Waals surface area contributed by atoms with Crippen molar-refractivity contribution in [3.8, 4) is 0 Å². The third kappa shape index (κ3) is 3.58. The minimum Gasteiger partial charge on any atom is -0.444 e. The maximum absolute atomic E-state index is 13.6. The molecule has 2 rings (SSSR count). The highest BCUT2D eigenvalue weighted by molar-refractivity contribution is 14.1. The molecule has 0 aliphatic carbocycles. The van der Waals surface area contributed by atoms with Gasteiger partial charge in [0.15, 0.2) is 0 Å². The number of likely N-dealkylation sites (tertiary alicyclic amines) is 1. The zero-order chi connectivity index (χ0) is 14.2. The third-order valence-electron chi connectivity index (χ3n) is 2.76. The van der Waals surface area contributed by atoms with Crippen molar-refractivity contribution < 1.29 is 13.9 Å². The van der Waals surface area contributed by atoms with Crippen LogP contribution in [0.4, 0.5) is 9.18 Å². The molecule has 1 amide bonds. The number of hydrogen-bond acceptors (Lipinski definition) is 3. The molecule has 1 fully saturated rings. The van der Waals surface area contributed by atoms with Crippen molar-refractivity contribution in [3.05, 3.63) is 15.7 Å².